The summed E-state index contributed by atoms with van der Waals surface area (Å²) in [5.41, 5.74) is 6.55. The molecule has 2 N–H and O–H groups in total. The summed E-state index contributed by atoms with van der Waals surface area (Å²) in [4.78, 5) is 4.17. The van der Waals surface area contributed by atoms with Crippen molar-refractivity contribution in [2.24, 2.45) is 0 Å². The molecule has 0 fully saturated rings. The largest absolute Gasteiger partial charge is 0.375 e. The molecule has 2 heterocycles. The van der Waals surface area contributed by atoms with Crippen molar-refractivity contribution in [2.45, 2.75) is 13.0 Å². The Kier molecular flexibility index (Phi) is 2.27. The second-order valence-corrected chi connectivity index (χ2v) is 3.59. The zero-order chi connectivity index (χ0) is 9.10. The van der Waals surface area contributed by atoms with Crippen LogP contribution in [0.1, 0.15) is 5.69 Å². The van der Waals surface area contributed by atoms with Gasteiger partial charge in [0.1, 0.15) is 0 Å². The minimum Gasteiger partial charge on any atom is -0.375 e. The number of nitrogens with zero attached hydrogens (tertiary/aromatic N) is 3. The number of hydrogen-bond acceptors (Lipinski definition) is 4. The Hall–Kier alpha value is -1.36. The van der Waals surface area contributed by atoms with Gasteiger partial charge in [-0.1, -0.05) is 0 Å². The van der Waals surface area contributed by atoms with Gasteiger partial charge in [0.15, 0.2) is 5.13 Å². The summed E-state index contributed by atoms with van der Waals surface area (Å²) in [6.07, 6.45) is 4.60. The van der Waals surface area contributed by atoms with E-state index in [2.05, 4.69) is 10.1 Å². The normalized spacial score (nSPS) is 10.5. The maximum atomic E-state index is 5.51. The van der Waals surface area contributed by atoms with Gasteiger partial charge < -0.3 is 5.73 Å². The number of aromatic nitrogens is 3. The number of nitrogens with two attached hydrogens (primary N) is 1. The number of rotatable bonds is 3. The molecular formula is C8H10N4S. The summed E-state index contributed by atoms with van der Waals surface area (Å²) in [5, 5.41) is 6.72. The summed E-state index contributed by atoms with van der Waals surface area (Å²) >= 11 is 1.48. The molecule has 13 heavy (non-hydrogen) atoms. The van der Waals surface area contributed by atoms with E-state index in [9.17, 15) is 0 Å². The molecule has 0 aromatic carbocycles. The predicted octanol–water partition coefficient (Wildman–Crippen LogP) is 1.16. The standard InChI is InChI=1S/C8H10N4S/c9-8-11-7(6-13-8)2-5-12-4-1-3-10-12/h1,3-4,6H,2,5H2,(H2,9,11). The molecule has 0 unspecified atom stereocenters. The van der Waals surface area contributed by atoms with Crippen molar-refractivity contribution in [3.8, 4) is 0 Å². The molecule has 2 rings (SSSR count). The third-order valence-electron chi connectivity index (χ3n) is 1.73. The van der Waals surface area contributed by atoms with Gasteiger partial charge in [0.05, 0.1) is 5.69 Å². The topological polar surface area (TPSA) is 56.7 Å². The van der Waals surface area contributed by atoms with Gasteiger partial charge in [-0.2, -0.15) is 5.10 Å². The van der Waals surface area contributed by atoms with Gasteiger partial charge in [0.25, 0.3) is 0 Å². The van der Waals surface area contributed by atoms with Crippen LogP contribution in [0.15, 0.2) is 23.8 Å². The molecule has 0 saturated carbocycles. The van der Waals surface area contributed by atoms with E-state index >= 15 is 0 Å². The van der Waals surface area contributed by atoms with Crippen LogP contribution in [0.5, 0.6) is 0 Å². The third kappa shape index (κ3) is 2.06. The van der Waals surface area contributed by atoms with Gasteiger partial charge in [-0.05, 0) is 6.07 Å². The fraction of sp³-hybridized carbons (Fsp3) is 0.250. The second kappa shape index (κ2) is 3.57. The molecule has 5 heteroatoms. The van der Waals surface area contributed by atoms with Crippen LogP contribution in [-0.4, -0.2) is 14.8 Å². The highest BCUT2D eigenvalue weighted by Gasteiger charge is 1.98. The summed E-state index contributed by atoms with van der Waals surface area (Å²) in [7, 11) is 0. The fourth-order valence-corrected chi connectivity index (χ4v) is 1.70. The predicted molar refractivity (Wildman–Crippen MR) is 52.5 cm³/mol. The van der Waals surface area contributed by atoms with Crippen molar-refractivity contribution in [1.82, 2.24) is 14.8 Å². The minimum absolute atomic E-state index is 0.635. The molecule has 0 bridgehead atoms. The van der Waals surface area contributed by atoms with Crippen molar-refractivity contribution in [2.75, 3.05) is 5.73 Å². The number of thiazole rings is 1. The Morgan fingerprint density at radius 3 is 3.08 bits per heavy atom. The van der Waals surface area contributed by atoms with E-state index in [0.717, 1.165) is 18.7 Å². The van der Waals surface area contributed by atoms with Crippen LogP contribution in [0, 0.1) is 0 Å². The first-order valence-corrected chi connectivity index (χ1v) is 4.90. The van der Waals surface area contributed by atoms with Crippen LogP contribution < -0.4 is 5.73 Å². The molecule has 0 radical (unpaired) electrons. The lowest BCUT2D eigenvalue weighted by atomic mass is 10.3. The van der Waals surface area contributed by atoms with Crippen molar-refractivity contribution in [3.63, 3.8) is 0 Å². The van der Waals surface area contributed by atoms with Crippen LogP contribution in [-0.2, 0) is 13.0 Å². The number of nitrogen functional groups attached to an aromatic ring is 1. The van der Waals surface area contributed by atoms with Gasteiger partial charge in [-0.15, -0.1) is 11.3 Å². The van der Waals surface area contributed by atoms with Crippen molar-refractivity contribution in [3.05, 3.63) is 29.5 Å². The first kappa shape index (κ1) is 8.25. The van der Waals surface area contributed by atoms with E-state index in [1.807, 2.05) is 22.3 Å². The quantitative estimate of drug-likeness (QED) is 0.797. The molecule has 68 valence electrons. The third-order valence-corrected chi connectivity index (χ3v) is 2.45. The van der Waals surface area contributed by atoms with Gasteiger partial charge in [-0.3, -0.25) is 4.68 Å². The molecule has 0 saturated heterocycles. The monoisotopic (exact) mass is 194 g/mol. The molecule has 2 aromatic rings. The van der Waals surface area contributed by atoms with Crippen molar-refractivity contribution < 1.29 is 0 Å². The van der Waals surface area contributed by atoms with Crippen LogP contribution >= 0.6 is 11.3 Å². The van der Waals surface area contributed by atoms with Crippen molar-refractivity contribution >= 4 is 16.5 Å². The zero-order valence-corrected chi connectivity index (χ0v) is 7.87. The minimum atomic E-state index is 0.635. The zero-order valence-electron chi connectivity index (χ0n) is 7.05. The average Bonchev–Trinajstić information content (AvgIpc) is 2.71. The van der Waals surface area contributed by atoms with Crippen LogP contribution in [0.3, 0.4) is 0 Å². The molecular weight excluding hydrogens is 184 g/mol. The van der Waals surface area contributed by atoms with Gasteiger partial charge in [0, 0.05) is 30.7 Å². The summed E-state index contributed by atoms with van der Waals surface area (Å²) in [6, 6.07) is 1.91. The number of anilines is 1. The van der Waals surface area contributed by atoms with Crippen molar-refractivity contribution in [1.29, 1.82) is 0 Å². The van der Waals surface area contributed by atoms with Gasteiger partial charge in [-0.25, -0.2) is 4.98 Å². The lowest BCUT2D eigenvalue weighted by Crippen LogP contribution is -2.01. The lowest BCUT2D eigenvalue weighted by molar-refractivity contribution is 0.610. The highest BCUT2D eigenvalue weighted by molar-refractivity contribution is 7.13. The molecule has 0 atom stereocenters. The summed E-state index contributed by atoms with van der Waals surface area (Å²) in [6.45, 7) is 0.857. The number of hydrogen-bond donors (Lipinski definition) is 1. The van der Waals surface area contributed by atoms with Crippen LogP contribution in [0.25, 0.3) is 0 Å². The molecule has 0 aliphatic carbocycles. The van der Waals surface area contributed by atoms with E-state index in [1.165, 1.54) is 11.3 Å². The Balaban J connectivity index is 1.93. The Labute approximate surface area is 80.0 Å². The maximum absolute atomic E-state index is 5.51. The van der Waals surface area contributed by atoms with Gasteiger partial charge >= 0.3 is 0 Å². The highest BCUT2D eigenvalue weighted by atomic mass is 32.1. The fourth-order valence-electron chi connectivity index (χ4n) is 1.10. The first-order chi connectivity index (χ1) is 6.34. The van der Waals surface area contributed by atoms with E-state index in [0.29, 0.717) is 5.13 Å². The van der Waals surface area contributed by atoms with E-state index in [4.69, 9.17) is 5.73 Å². The molecule has 2 aromatic heterocycles. The second-order valence-electron chi connectivity index (χ2n) is 2.70. The molecule has 0 aliphatic heterocycles. The smallest absolute Gasteiger partial charge is 0.180 e. The molecule has 0 amide bonds. The first-order valence-electron chi connectivity index (χ1n) is 4.02. The summed E-state index contributed by atoms with van der Waals surface area (Å²) in [5.74, 6) is 0. The Morgan fingerprint density at radius 2 is 2.46 bits per heavy atom. The van der Waals surface area contributed by atoms with Gasteiger partial charge in [0.2, 0.25) is 0 Å². The molecule has 0 aliphatic rings. The molecule has 4 nitrogen and oxygen atoms in total. The van der Waals surface area contributed by atoms with E-state index in [1.54, 1.807) is 6.20 Å². The molecule has 0 spiro atoms. The number of aryl methyl sites for hydroxylation is 2. The van der Waals surface area contributed by atoms with Crippen LogP contribution in [0.4, 0.5) is 5.13 Å². The Bertz CT molecular complexity index is 365. The summed E-state index contributed by atoms with van der Waals surface area (Å²) < 4.78 is 1.88. The maximum Gasteiger partial charge on any atom is 0.180 e. The highest BCUT2D eigenvalue weighted by Crippen LogP contribution is 2.11. The Morgan fingerprint density at radius 1 is 1.54 bits per heavy atom. The lowest BCUT2D eigenvalue weighted by Gasteiger charge is -1.97. The van der Waals surface area contributed by atoms with E-state index in [-0.39, 0.29) is 0 Å². The average molecular weight is 194 g/mol. The van der Waals surface area contributed by atoms with E-state index < -0.39 is 0 Å². The SMILES string of the molecule is Nc1nc(CCn2cccn2)cs1. The van der Waals surface area contributed by atoms with Crippen LogP contribution in [0.2, 0.25) is 0 Å².